The van der Waals surface area contributed by atoms with Gasteiger partial charge in [0.2, 0.25) is 0 Å². The zero-order valence-electron chi connectivity index (χ0n) is 22.5. The van der Waals surface area contributed by atoms with E-state index in [1.54, 1.807) is 0 Å². The standard InChI is InChI=1S/C28H36N8O2/c1-4-35-23-15-22(30-25-13-20(33(3)31-25)16-34-9-11-38-12-10-34)26-27(32(2)17-29-26)21(23)14-24(35)28(37)36(18-5-6-18)19-7-8-19/h13-15,17-19H,4-12,16H2,1-3H3,(H,30,31). The third-order valence-electron chi connectivity index (χ3n) is 8.25. The van der Waals surface area contributed by atoms with Crippen LogP contribution in [-0.2, 0) is 31.9 Å². The molecule has 4 heterocycles. The highest BCUT2D eigenvalue weighted by atomic mass is 16.5. The third-order valence-corrected chi connectivity index (χ3v) is 8.25. The van der Waals surface area contributed by atoms with Crippen molar-refractivity contribution in [3.05, 3.63) is 35.9 Å². The first-order chi connectivity index (χ1) is 18.5. The van der Waals surface area contributed by atoms with E-state index in [1.807, 2.05) is 25.1 Å². The Morgan fingerprint density at radius 2 is 1.84 bits per heavy atom. The summed E-state index contributed by atoms with van der Waals surface area (Å²) in [4.78, 5) is 23.2. The number of nitrogens with one attached hydrogen (secondary N) is 1. The SMILES string of the molecule is CCn1c(C(=O)N(C2CC2)C2CC2)cc2c3c(ncn3C)c(Nc3cc(CN4CCOCC4)n(C)n3)cc21. The second kappa shape index (κ2) is 9.13. The van der Waals surface area contributed by atoms with Crippen molar-refractivity contribution in [1.82, 2.24) is 33.7 Å². The number of nitrogens with zero attached hydrogens (tertiary/aromatic N) is 7. The smallest absolute Gasteiger partial charge is 0.271 e. The lowest BCUT2D eigenvalue weighted by atomic mass is 10.1. The maximum absolute atomic E-state index is 13.8. The van der Waals surface area contributed by atoms with Gasteiger partial charge in [-0.25, -0.2) is 4.98 Å². The fourth-order valence-electron chi connectivity index (χ4n) is 5.98. The van der Waals surface area contributed by atoms with Crippen molar-refractivity contribution in [2.75, 3.05) is 31.6 Å². The maximum Gasteiger partial charge on any atom is 0.271 e. The first kappa shape index (κ1) is 23.7. The van der Waals surface area contributed by atoms with Crippen molar-refractivity contribution in [3.63, 3.8) is 0 Å². The lowest BCUT2D eigenvalue weighted by Crippen LogP contribution is -2.36. The highest BCUT2D eigenvalue weighted by molar-refractivity contribution is 6.12. The number of anilines is 2. The van der Waals surface area contributed by atoms with Gasteiger partial charge in [-0.1, -0.05) is 0 Å². The number of fused-ring (bicyclic) bond motifs is 3. The van der Waals surface area contributed by atoms with E-state index >= 15 is 0 Å². The minimum Gasteiger partial charge on any atom is -0.379 e. The Kier molecular flexibility index (Phi) is 5.70. The van der Waals surface area contributed by atoms with Crippen LogP contribution in [0.15, 0.2) is 24.5 Å². The second-order valence-electron chi connectivity index (χ2n) is 11.0. The summed E-state index contributed by atoms with van der Waals surface area (Å²) in [5, 5.41) is 9.39. The zero-order chi connectivity index (χ0) is 26.0. The van der Waals surface area contributed by atoms with Gasteiger partial charge in [0.05, 0.1) is 42.0 Å². The monoisotopic (exact) mass is 516 g/mol. The molecule has 0 atom stereocenters. The molecule has 1 amide bonds. The number of hydrogen-bond acceptors (Lipinski definition) is 6. The molecule has 3 aliphatic rings. The van der Waals surface area contributed by atoms with Crippen LogP contribution in [0, 0.1) is 0 Å². The molecule has 10 nitrogen and oxygen atoms in total. The van der Waals surface area contributed by atoms with Crippen LogP contribution in [-0.4, -0.2) is 78.0 Å². The van der Waals surface area contributed by atoms with E-state index in [-0.39, 0.29) is 5.91 Å². The highest BCUT2D eigenvalue weighted by Gasteiger charge is 2.43. The molecule has 1 saturated heterocycles. The second-order valence-corrected chi connectivity index (χ2v) is 11.0. The fourth-order valence-corrected chi connectivity index (χ4v) is 5.98. The summed E-state index contributed by atoms with van der Waals surface area (Å²) in [6.45, 7) is 7.12. The molecule has 1 N–H and O–H groups in total. The molecule has 2 saturated carbocycles. The third kappa shape index (κ3) is 4.06. The Labute approximate surface area is 222 Å². The van der Waals surface area contributed by atoms with Gasteiger partial charge < -0.3 is 24.1 Å². The predicted molar refractivity (Wildman–Crippen MR) is 147 cm³/mol. The van der Waals surface area contributed by atoms with Crippen molar-refractivity contribution < 1.29 is 9.53 Å². The summed E-state index contributed by atoms with van der Waals surface area (Å²) in [7, 11) is 4.01. The quantitative estimate of drug-likeness (QED) is 0.385. The summed E-state index contributed by atoms with van der Waals surface area (Å²) in [6, 6.07) is 7.19. The maximum atomic E-state index is 13.8. The number of rotatable bonds is 8. The molecule has 0 spiro atoms. The summed E-state index contributed by atoms with van der Waals surface area (Å²) in [5.74, 6) is 0.969. The van der Waals surface area contributed by atoms with E-state index in [9.17, 15) is 4.79 Å². The Bertz CT molecular complexity index is 1500. The zero-order valence-corrected chi connectivity index (χ0v) is 22.5. The summed E-state index contributed by atoms with van der Waals surface area (Å²) < 4.78 is 11.7. The van der Waals surface area contributed by atoms with E-state index in [4.69, 9.17) is 14.8 Å². The van der Waals surface area contributed by atoms with Crippen molar-refractivity contribution >= 4 is 39.3 Å². The van der Waals surface area contributed by atoms with Gasteiger partial charge in [0.15, 0.2) is 5.82 Å². The van der Waals surface area contributed by atoms with Crippen LogP contribution in [0.5, 0.6) is 0 Å². The molecule has 10 heteroatoms. The molecule has 3 fully saturated rings. The van der Waals surface area contributed by atoms with Crippen molar-refractivity contribution in [1.29, 1.82) is 0 Å². The van der Waals surface area contributed by atoms with Gasteiger partial charge in [-0.2, -0.15) is 5.10 Å². The van der Waals surface area contributed by atoms with E-state index in [1.165, 1.54) is 0 Å². The lowest BCUT2D eigenvalue weighted by molar-refractivity contribution is 0.0331. The van der Waals surface area contributed by atoms with Crippen LogP contribution < -0.4 is 5.32 Å². The van der Waals surface area contributed by atoms with Gasteiger partial charge in [-0.15, -0.1) is 0 Å². The average Bonchev–Trinajstić information content (AvgIpc) is 3.83. The van der Waals surface area contributed by atoms with Crippen LogP contribution in [0.4, 0.5) is 11.5 Å². The van der Waals surface area contributed by atoms with Gasteiger partial charge in [-0.3, -0.25) is 14.4 Å². The Hall–Kier alpha value is -3.37. The molecule has 1 aromatic carbocycles. The minimum absolute atomic E-state index is 0.176. The van der Waals surface area contributed by atoms with Gasteiger partial charge in [0.1, 0.15) is 11.2 Å². The van der Waals surface area contributed by atoms with Crippen LogP contribution in [0.2, 0.25) is 0 Å². The molecular formula is C28H36N8O2. The van der Waals surface area contributed by atoms with Crippen LogP contribution in [0.1, 0.15) is 48.8 Å². The normalized spacial score (nSPS) is 18.5. The summed E-state index contributed by atoms with van der Waals surface area (Å²) in [6.07, 6.45) is 6.37. The molecule has 38 heavy (non-hydrogen) atoms. The summed E-state index contributed by atoms with van der Waals surface area (Å²) in [5.41, 5.74) is 5.79. The van der Waals surface area contributed by atoms with Crippen molar-refractivity contribution in [2.45, 2.75) is 57.8 Å². The number of imidazole rings is 1. The van der Waals surface area contributed by atoms with Crippen LogP contribution in [0.25, 0.3) is 21.9 Å². The number of carbonyl (C=O) groups excluding carboxylic acids is 1. The minimum atomic E-state index is 0.176. The molecule has 200 valence electrons. The number of benzene rings is 1. The van der Waals surface area contributed by atoms with E-state index in [2.05, 4.69) is 49.4 Å². The number of aromatic nitrogens is 5. The number of morpholine rings is 1. The Morgan fingerprint density at radius 1 is 1.11 bits per heavy atom. The molecule has 2 aliphatic carbocycles. The molecule has 1 aliphatic heterocycles. The average molecular weight is 517 g/mol. The number of carbonyl (C=O) groups is 1. The number of aryl methyl sites for hydroxylation is 3. The largest absolute Gasteiger partial charge is 0.379 e. The van der Waals surface area contributed by atoms with Gasteiger partial charge in [0, 0.05) is 63.8 Å². The highest BCUT2D eigenvalue weighted by Crippen LogP contribution is 2.40. The molecule has 0 bridgehead atoms. The molecular weight excluding hydrogens is 480 g/mol. The topological polar surface area (TPSA) is 85.4 Å². The first-order valence-electron chi connectivity index (χ1n) is 13.9. The molecule has 7 rings (SSSR count). The van der Waals surface area contributed by atoms with Crippen LogP contribution >= 0.6 is 0 Å². The molecule has 4 aromatic rings. The molecule has 0 radical (unpaired) electrons. The Morgan fingerprint density at radius 3 is 2.53 bits per heavy atom. The van der Waals surface area contributed by atoms with Gasteiger partial charge in [0.25, 0.3) is 5.91 Å². The fraction of sp³-hybridized carbons (Fsp3) is 0.536. The predicted octanol–water partition coefficient (Wildman–Crippen LogP) is 3.62. The van der Waals surface area contributed by atoms with Gasteiger partial charge in [-0.05, 0) is 44.7 Å². The molecule has 3 aromatic heterocycles. The number of amides is 1. The number of ether oxygens (including phenoxy) is 1. The van der Waals surface area contributed by atoms with Gasteiger partial charge >= 0.3 is 0 Å². The Balaban J connectivity index is 1.27. The van der Waals surface area contributed by atoms with Crippen LogP contribution in [0.3, 0.4) is 0 Å². The molecule has 0 unspecified atom stereocenters. The summed E-state index contributed by atoms with van der Waals surface area (Å²) >= 11 is 0. The van der Waals surface area contributed by atoms with E-state index in [0.29, 0.717) is 12.1 Å². The first-order valence-corrected chi connectivity index (χ1v) is 13.9. The van der Waals surface area contributed by atoms with Crippen molar-refractivity contribution in [3.8, 4) is 0 Å². The van der Waals surface area contributed by atoms with E-state index < -0.39 is 0 Å². The number of hydrogen-bond donors (Lipinski definition) is 1. The van der Waals surface area contributed by atoms with E-state index in [0.717, 1.165) is 110 Å². The lowest BCUT2D eigenvalue weighted by Gasteiger charge is -2.26. The van der Waals surface area contributed by atoms with Crippen molar-refractivity contribution in [2.24, 2.45) is 14.1 Å².